The summed E-state index contributed by atoms with van der Waals surface area (Å²) in [6.07, 6.45) is 4.33. The number of ketones is 2. The Morgan fingerprint density at radius 2 is 1.79 bits per heavy atom. The number of aliphatic imine (C=N–C) groups is 1. The number of Topliss-reactive ketones (excluding diaryl/α,β-unsaturated/α-hetero) is 2. The van der Waals surface area contributed by atoms with E-state index >= 15 is 0 Å². The molecule has 2 aliphatic rings. The van der Waals surface area contributed by atoms with Gasteiger partial charge in [0.15, 0.2) is 11.6 Å². The zero-order chi connectivity index (χ0) is 21.4. The van der Waals surface area contributed by atoms with Crippen molar-refractivity contribution >= 4 is 17.3 Å². The van der Waals surface area contributed by atoms with Gasteiger partial charge >= 0.3 is 0 Å². The predicted molar refractivity (Wildman–Crippen MR) is 111 cm³/mol. The lowest BCUT2D eigenvalue weighted by atomic mass is 9.73. The van der Waals surface area contributed by atoms with Crippen LogP contribution in [0.2, 0.25) is 0 Å². The Morgan fingerprint density at radius 3 is 2.48 bits per heavy atom. The van der Waals surface area contributed by atoms with Gasteiger partial charge in [0.25, 0.3) is 0 Å². The second-order valence-corrected chi connectivity index (χ2v) is 9.71. The van der Waals surface area contributed by atoms with Crippen LogP contribution in [-0.2, 0) is 17.6 Å². The third-order valence-electron chi connectivity index (χ3n) is 5.54. The van der Waals surface area contributed by atoms with Crippen LogP contribution in [0.4, 0.5) is 0 Å². The SMILES string of the molecule is C=CCN=C1CC(C)(C)CC(=O)C1=C(O)CCc1noc2c1C(=O)CC(C)(C)C2. The molecule has 0 aromatic carbocycles. The van der Waals surface area contributed by atoms with Crippen LogP contribution in [0.1, 0.15) is 75.2 Å². The topological polar surface area (TPSA) is 92.8 Å². The van der Waals surface area contributed by atoms with E-state index in [9.17, 15) is 14.7 Å². The lowest BCUT2D eigenvalue weighted by Gasteiger charge is -2.31. The van der Waals surface area contributed by atoms with Crippen molar-refractivity contribution in [3.63, 3.8) is 0 Å². The molecule has 6 heteroatoms. The van der Waals surface area contributed by atoms with Crippen LogP contribution in [0, 0.1) is 10.8 Å². The van der Waals surface area contributed by atoms with E-state index in [0.717, 1.165) is 0 Å². The van der Waals surface area contributed by atoms with Crippen molar-refractivity contribution in [3.05, 3.63) is 41.0 Å². The van der Waals surface area contributed by atoms with Gasteiger partial charge in [-0.2, -0.15) is 0 Å². The Morgan fingerprint density at radius 1 is 1.14 bits per heavy atom. The van der Waals surface area contributed by atoms with E-state index in [-0.39, 0.29) is 34.6 Å². The van der Waals surface area contributed by atoms with Gasteiger partial charge in [-0.05, 0) is 17.3 Å². The molecule has 0 atom stereocenters. The van der Waals surface area contributed by atoms with Crippen molar-refractivity contribution in [2.75, 3.05) is 6.54 Å². The fourth-order valence-electron chi connectivity index (χ4n) is 4.28. The standard InChI is InChI=1S/C23H30N2O4/c1-6-9-24-15-10-22(2,3)11-17(27)20(15)16(26)8-7-14-21-18(28)12-23(4,5)13-19(21)29-25-14/h6,26H,1,7-13H2,2-5H3. The molecule has 1 fully saturated rings. The molecule has 6 nitrogen and oxygen atoms in total. The highest BCUT2D eigenvalue weighted by Crippen LogP contribution is 2.38. The van der Waals surface area contributed by atoms with Crippen molar-refractivity contribution in [1.82, 2.24) is 5.16 Å². The van der Waals surface area contributed by atoms with Crippen molar-refractivity contribution in [1.29, 1.82) is 0 Å². The van der Waals surface area contributed by atoms with Crippen LogP contribution in [0.5, 0.6) is 0 Å². The summed E-state index contributed by atoms with van der Waals surface area (Å²) in [7, 11) is 0. The van der Waals surface area contributed by atoms with E-state index in [1.54, 1.807) is 6.08 Å². The maximum atomic E-state index is 12.7. The summed E-state index contributed by atoms with van der Waals surface area (Å²) in [6.45, 7) is 12.2. The number of aromatic nitrogens is 1. The molecular formula is C23H30N2O4. The van der Waals surface area contributed by atoms with Crippen molar-refractivity contribution in [2.24, 2.45) is 15.8 Å². The molecule has 0 aliphatic heterocycles. The molecule has 0 saturated heterocycles. The first-order chi connectivity index (χ1) is 13.5. The normalized spacial score (nSPS) is 23.8. The molecule has 1 N–H and O–H groups in total. The summed E-state index contributed by atoms with van der Waals surface area (Å²) in [4.78, 5) is 29.8. The van der Waals surface area contributed by atoms with Crippen molar-refractivity contribution in [2.45, 2.75) is 66.2 Å². The number of aliphatic hydroxyl groups is 1. The van der Waals surface area contributed by atoms with E-state index in [1.165, 1.54) is 0 Å². The molecule has 0 radical (unpaired) electrons. The summed E-state index contributed by atoms with van der Waals surface area (Å²) < 4.78 is 5.42. The predicted octanol–water partition coefficient (Wildman–Crippen LogP) is 4.59. The summed E-state index contributed by atoms with van der Waals surface area (Å²) in [5.74, 6) is 0.565. The number of allylic oxidation sites excluding steroid dienone is 2. The number of carbonyl (C=O) groups is 2. The second-order valence-electron chi connectivity index (χ2n) is 9.71. The number of rotatable bonds is 5. The average molecular weight is 399 g/mol. The van der Waals surface area contributed by atoms with E-state index in [4.69, 9.17) is 4.52 Å². The van der Waals surface area contributed by atoms with Gasteiger partial charge in [-0.1, -0.05) is 38.9 Å². The average Bonchev–Trinajstić information content (AvgIpc) is 2.98. The molecule has 0 unspecified atom stereocenters. The van der Waals surface area contributed by atoms with E-state index in [1.807, 2.05) is 27.7 Å². The van der Waals surface area contributed by atoms with Gasteiger partial charge in [-0.25, -0.2) is 0 Å². The van der Waals surface area contributed by atoms with Crippen LogP contribution < -0.4 is 0 Å². The van der Waals surface area contributed by atoms with Crippen molar-refractivity contribution < 1.29 is 19.2 Å². The molecule has 0 spiro atoms. The number of nitrogens with zero attached hydrogens (tertiary/aromatic N) is 2. The Balaban J connectivity index is 1.84. The Kier molecular flexibility index (Phi) is 5.65. The van der Waals surface area contributed by atoms with Gasteiger partial charge in [-0.15, -0.1) is 6.58 Å². The maximum Gasteiger partial charge on any atom is 0.168 e. The molecule has 1 aromatic rings. The van der Waals surface area contributed by atoms with Crippen LogP contribution >= 0.6 is 0 Å². The quantitative estimate of drug-likeness (QED) is 0.445. The number of hydrogen-bond donors (Lipinski definition) is 1. The third-order valence-corrected chi connectivity index (χ3v) is 5.54. The van der Waals surface area contributed by atoms with Gasteiger partial charge in [0.1, 0.15) is 11.5 Å². The zero-order valence-corrected chi connectivity index (χ0v) is 17.8. The molecule has 29 heavy (non-hydrogen) atoms. The Hall–Kier alpha value is -2.50. The minimum Gasteiger partial charge on any atom is -0.511 e. The summed E-state index contributed by atoms with van der Waals surface area (Å²) in [6, 6.07) is 0. The molecule has 1 aromatic heterocycles. The molecule has 1 saturated carbocycles. The van der Waals surface area contributed by atoms with Crippen LogP contribution in [0.15, 0.2) is 33.5 Å². The van der Waals surface area contributed by atoms with Crippen LogP contribution in [0.3, 0.4) is 0 Å². The van der Waals surface area contributed by atoms with Crippen molar-refractivity contribution in [3.8, 4) is 0 Å². The highest BCUT2D eigenvalue weighted by molar-refractivity contribution is 6.24. The van der Waals surface area contributed by atoms with Gasteiger partial charge in [-0.3, -0.25) is 14.6 Å². The number of hydrogen-bond acceptors (Lipinski definition) is 6. The minimum absolute atomic E-state index is 0.00801. The van der Waals surface area contributed by atoms with Gasteiger partial charge < -0.3 is 9.63 Å². The molecule has 156 valence electrons. The Bertz CT molecular complexity index is 915. The second kappa shape index (κ2) is 7.73. The molecule has 2 aliphatic carbocycles. The highest BCUT2D eigenvalue weighted by atomic mass is 16.5. The van der Waals surface area contributed by atoms with Gasteiger partial charge in [0.05, 0.1) is 23.4 Å². The lowest BCUT2D eigenvalue weighted by Crippen LogP contribution is -2.33. The number of aliphatic hydroxyl groups excluding tert-OH is 1. The maximum absolute atomic E-state index is 12.7. The first-order valence-electron chi connectivity index (χ1n) is 10.1. The zero-order valence-electron chi connectivity index (χ0n) is 17.8. The van der Waals surface area contributed by atoms with Gasteiger partial charge in [0.2, 0.25) is 0 Å². The third kappa shape index (κ3) is 4.57. The van der Waals surface area contributed by atoms with E-state index in [0.29, 0.717) is 67.0 Å². The molecule has 0 amide bonds. The smallest absolute Gasteiger partial charge is 0.168 e. The van der Waals surface area contributed by atoms with E-state index < -0.39 is 0 Å². The lowest BCUT2D eigenvalue weighted by molar-refractivity contribution is -0.117. The fraction of sp³-hybridized carbons (Fsp3) is 0.565. The molecule has 0 bridgehead atoms. The summed E-state index contributed by atoms with van der Waals surface area (Å²) in [5, 5.41) is 14.8. The van der Waals surface area contributed by atoms with E-state index in [2.05, 4.69) is 16.7 Å². The minimum atomic E-state index is -0.189. The largest absolute Gasteiger partial charge is 0.511 e. The monoisotopic (exact) mass is 398 g/mol. The number of fused-ring (bicyclic) bond motifs is 1. The fourth-order valence-corrected chi connectivity index (χ4v) is 4.28. The molecular weight excluding hydrogens is 368 g/mol. The van der Waals surface area contributed by atoms with Crippen LogP contribution in [-0.4, -0.2) is 34.1 Å². The van der Waals surface area contributed by atoms with Crippen LogP contribution in [0.25, 0.3) is 0 Å². The first-order valence-corrected chi connectivity index (χ1v) is 10.1. The number of aryl methyl sites for hydroxylation is 1. The number of carbonyl (C=O) groups excluding carboxylic acids is 2. The highest BCUT2D eigenvalue weighted by Gasteiger charge is 2.38. The Labute approximate surface area is 171 Å². The summed E-state index contributed by atoms with van der Waals surface area (Å²) in [5.41, 5.74) is 1.73. The molecule has 1 heterocycles. The summed E-state index contributed by atoms with van der Waals surface area (Å²) >= 11 is 0. The molecule has 3 rings (SSSR count). The van der Waals surface area contributed by atoms with Gasteiger partial charge in [0, 0.05) is 37.8 Å². The first kappa shape index (κ1) is 21.2.